The first kappa shape index (κ1) is 47.4. The van der Waals surface area contributed by atoms with Gasteiger partial charge >= 0.3 is 0 Å². The Hall–Kier alpha value is -6.54. The molecule has 7 rings (SSSR count). The number of carbonyl (C=O) groups excluding carboxylic acids is 2. The van der Waals surface area contributed by atoms with Crippen LogP contribution in [0.25, 0.3) is 0 Å². The Labute approximate surface area is 391 Å². The minimum atomic E-state index is -0.402. The molecular weight excluding hydrogens is 825 g/mol. The zero-order valence-electron chi connectivity index (χ0n) is 38.7. The molecule has 6 aromatic rings. The lowest BCUT2D eigenvalue weighted by atomic mass is 9.82. The maximum absolute atomic E-state index is 15.5. The lowest BCUT2D eigenvalue weighted by molar-refractivity contribution is 0.0968. The summed E-state index contributed by atoms with van der Waals surface area (Å²) in [6, 6.07) is 42.5. The molecule has 0 saturated carbocycles. The monoisotopic (exact) mass is 888 g/mol. The molecule has 344 valence electrons. The van der Waals surface area contributed by atoms with Crippen molar-refractivity contribution in [2.75, 3.05) is 13.2 Å². The van der Waals surface area contributed by atoms with Gasteiger partial charge in [-0.3, -0.25) is 9.59 Å². The number of ketones is 2. The molecule has 0 atom stereocenters. The molecule has 0 spiro atoms. The van der Waals surface area contributed by atoms with E-state index < -0.39 is 11.6 Å². The fourth-order valence-corrected chi connectivity index (χ4v) is 8.12. The zero-order chi connectivity index (χ0) is 45.8. The van der Waals surface area contributed by atoms with Gasteiger partial charge in [0.05, 0.1) is 24.3 Å². The van der Waals surface area contributed by atoms with E-state index in [9.17, 15) is 0 Å². The van der Waals surface area contributed by atoms with Gasteiger partial charge in [-0.1, -0.05) is 199 Å². The van der Waals surface area contributed by atoms with Crippen molar-refractivity contribution in [1.82, 2.24) is 0 Å². The Bertz CT molecular complexity index is 2260. The standard InChI is InChI=1S/C58H64O8/c1-3-5-7-9-11-25-35-61-57-51-47(37-49(63-39-43-27-17-13-18-28-43)55(57)65-41-45-31-21-15-22-32-45)54(60)52-48(53(51)59)38-50(64-40-44-29-19-14-20-30-44)56(66-42-46-33-23-16-24-34-46)58(52)62-36-26-12-10-8-6-4-2/h13-24,27-34,37-38H,3-12,25-26,35-36,39-42H2,1-2H3. The van der Waals surface area contributed by atoms with Gasteiger partial charge < -0.3 is 28.4 Å². The fourth-order valence-electron chi connectivity index (χ4n) is 8.12. The number of fused-ring (bicyclic) bond motifs is 2. The number of rotatable bonds is 28. The van der Waals surface area contributed by atoms with Crippen molar-refractivity contribution in [3.05, 3.63) is 178 Å². The van der Waals surface area contributed by atoms with Gasteiger partial charge in [-0.05, 0) is 47.2 Å². The third-order valence-electron chi connectivity index (χ3n) is 11.8. The lowest BCUT2D eigenvalue weighted by Gasteiger charge is -2.27. The van der Waals surface area contributed by atoms with Crippen LogP contribution >= 0.6 is 0 Å². The number of benzene rings is 6. The predicted octanol–water partition coefficient (Wildman–Crippen LogP) is 14.3. The molecule has 1 aliphatic carbocycles. The average Bonchev–Trinajstić information content (AvgIpc) is 3.36. The largest absolute Gasteiger partial charge is 0.489 e. The molecule has 0 radical (unpaired) electrons. The van der Waals surface area contributed by atoms with E-state index in [2.05, 4.69) is 13.8 Å². The SMILES string of the molecule is CCCCCCCCOc1c(OCc2ccccc2)c(OCc2ccccc2)cc2c1C(=O)c1cc(OCc3ccccc3)c(OCc3ccccc3)c(OCCCCCCCC)c1C2=O. The summed E-state index contributed by atoms with van der Waals surface area (Å²) in [5, 5.41) is 0. The van der Waals surface area contributed by atoms with Crippen LogP contribution in [0.3, 0.4) is 0 Å². The highest BCUT2D eigenvalue weighted by Gasteiger charge is 2.41. The number of carbonyl (C=O) groups is 2. The van der Waals surface area contributed by atoms with Gasteiger partial charge in [0.25, 0.3) is 0 Å². The molecule has 6 aromatic carbocycles. The number of hydrogen-bond acceptors (Lipinski definition) is 8. The molecule has 0 heterocycles. The van der Waals surface area contributed by atoms with Gasteiger partial charge in [0, 0.05) is 11.1 Å². The first-order chi connectivity index (χ1) is 32.6. The summed E-state index contributed by atoms with van der Waals surface area (Å²) in [6.45, 7) is 5.81. The number of hydrogen-bond donors (Lipinski definition) is 0. The second kappa shape index (κ2) is 25.2. The molecule has 0 fully saturated rings. The second-order valence-corrected chi connectivity index (χ2v) is 16.9. The van der Waals surface area contributed by atoms with E-state index in [4.69, 9.17) is 28.4 Å². The fraction of sp³-hybridized carbons (Fsp3) is 0.345. The molecule has 0 N–H and O–H groups in total. The van der Waals surface area contributed by atoms with Crippen molar-refractivity contribution in [1.29, 1.82) is 0 Å². The Morgan fingerprint density at radius 3 is 0.970 bits per heavy atom. The van der Waals surface area contributed by atoms with Crippen molar-refractivity contribution in [2.45, 2.75) is 117 Å². The zero-order valence-corrected chi connectivity index (χ0v) is 38.7. The quantitative estimate of drug-likeness (QED) is 0.0449. The molecular formula is C58H64O8. The third kappa shape index (κ3) is 12.8. The lowest BCUT2D eigenvalue weighted by Crippen LogP contribution is -2.25. The van der Waals surface area contributed by atoms with Crippen LogP contribution in [-0.4, -0.2) is 24.8 Å². The molecule has 8 heteroatoms. The van der Waals surface area contributed by atoms with Crippen LogP contribution in [0.15, 0.2) is 133 Å². The van der Waals surface area contributed by atoms with Crippen molar-refractivity contribution in [3.63, 3.8) is 0 Å². The molecule has 0 saturated heterocycles. The van der Waals surface area contributed by atoms with E-state index >= 15 is 9.59 Å². The van der Waals surface area contributed by atoms with Crippen LogP contribution < -0.4 is 28.4 Å². The molecule has 0 unspecified atom stereocenters. The van der Waals surface area contributed by atoms with Crippen LogP contribution in [0.4, 0.5) is 0 Å². The summed E-state index contributed by atoms with van der Waals surface area (Å²) in [5.74, 6) is 0.715. The van der Waals surface area contributed by atoms with Gasteiger partial charge in [-0.15, -0.1) is 0 Å². The summed E-state index contributed by atoms with van der Waals surface area (Å²) in [6.07, 6.45) is 12.6. The number of unbranched alkanes of at least 4 members (excludes halogenated alkanes) is 10. The first-order valence-corrected chi connectivity index (χ1v) is 24.0. The normalized spacial score (nSPS) is 11.7. The molecule has 8 nitrogen and oxygen atoms in total. The first-order valence-electron chi connectivity index (χ1n) is 24.0. The summed E-state index contributed by atoms with van der Waals surface area (Å²) in [4.78, 5) is 30.9. The van der Waals surface area contributed by atoms with E-state index in [-0.39, 0.29) is 71.7 Å². The van der Waals surface area contributed by atoms with Crippen LogP contribution in [0.5, 0.6) is 34.5 Å². The topological polar surface area (TPSA) is 89.5 Å². The predicted molar refractivity (Wildman–Crippen MR) is 261 cm³/mol. The van der Waals surface area contributed by atoms with Crippen molar-refractivity contribution in [2.24, 2.45) is 0 Å². The average molecular weight is 889 g/mol. The minimum Gasteiger partial charge on any atom is -0.489 e. The van der Waals surface area contributed by atoms with Gasteiger partial charge in [-0.25, -0.2) is 0 Å². The summed E-state index contributed by atoms with van der Waals surface area (Å²) < 4.78 is 39.8. The minimum absolute atomic E-state index is 0.127. The highest BCUT2D eigenvalue weighted by Crippen LogP contribution is 2.51. The Kier molecular flexibility index (Phi) is 18.1. The van der Waals surface area contributed by atoms with Crippen LogP contribution in [0, 0.1) is 0 Å². The van der Waals surface area contributed by atoms with E-state index in [1.807, 2.05) is 121 Å². The Balaban J connectivity index is 1.35. The van der Waals surface area contributed by atoms with Crippen LogP contribution in [0.2, 0.25) is 0 Å². The maximum Gasteiger partial charge on any atom is 0.204 e. The Morgan fingerprint density at radius 2 is 0.636 bits per heavy atom. The van der Waals surface area contributed by atoms with Gasteiger partial charge in [-0.2, -0.15) is 0 Å². The number of ether oxygens (including phenoxy) is 6. The second-order valence-electron chi connectivity index (χ2n) is 16.9. The Morgan fingerprint density at radius 1 is 0.333 bits per heavy atom. The molecule has 0 bridgehead atoms. The summed E-state index contributed by atoms with van der Waals surface area (Å²) >= 11 is 0. The van der Waals surface area contributed by atoms with Gasteiger partial charge in [0.2, 0.25) is 11.5 Å². The van der Waals surface area contributed by atoms with E-state index in [0.29, 0.717) is 24.7 Å². The smallest absolute Gasteiger partial charge is 0.204 e. The summed E-state index contributed by atoms with van der Waals surface area (Å²) in [7, 11) is 0. The molecule has 1 aliphatic rings. The van der Waals surface area contributed by atoms with E-state index in [1.54, 1.807) is 12.1 Å². The highest BCUT2D eigenvalue weighted by molar-refractivity contribution is 6.31. The molecule has 66 heavy (non-hydrogen) atoms. The van der Waals surface area contributed by atoms with Crippen LogP contribution in [0.1, 0.15) is 145 Å². The molecule has 0 amide bonds. The maximum atomic E-state index is 15.5. The molecule has 0 aliphatic heterocycles. The summed E-state index contributed by atoms with van der Waals surface area (Å²) in [5.41, 5.74) is 4.27. The highest BCUT2D eigenvalue weighted by atomic mass is 16.5. The van der Waals surface area contributed by atoms with Gasteiger partial charge in [0.15, 0.2) is 34.6 Å². The van der Waals surface area contributed by atoms with Crippen molar-refractivity contribution >= 4 is 11.6 Å². The van der Waals surface area contributed by atoms with Crippen LogP contribution in [-0.2, 0) is 26.4 Å². The molecule has 0 aromatic heterocycles. The van der Waals surface area contributed by atoms with Gasteiger partial charge in [0.1, 0.15) is 26.4 Å². The van der Waals surface area contributed by atoms with Crippen molar-refractivity contribution < 1.29 is 38.0 Å². The third-order valence-corrected chi connectivity index (χ3v) is 11.8. The van der Waals surface area contributed by atoms with E-state index in [0.717, 1.165) is 86.5 Å². The van der Waals surface area contributed by atoms with Crippen molar-refractivity contribution in [3.8, 4) is 34.5 Å². The van der Waals surface area contributed by atoms with E-state index in [1.165, 1.54) is 12.8 Å².